The van der Waals surface area contributed by atoms with Gasteiger partial charge in [0.25, 0.3) is 0 Å². The topological polar surface area (TPSA) is 100 Å². The van der Waals surface area contributed by atoms with Gasteiger partial charge < -0.3 is 10.2 Å². The summed E-state index contributed by atoms with van der Waals surface area (Å²) in [6.07, 6.45) is 9.56. The molecule has 5 rings (SSSR count). The Morgan fingerprint density at radius 1 is 1.22 bits per heavy atom. The molecule has 27 heavy (non-hydrogen) atoms. The lowest BCUT2D eigenvalue weighted by molar-refractivity contribution is 0.212. The van der Waals surface area contributed by atoms with Gasteiger partial charge in [-0.25, -0.2) is 15.0 Å². The van der Waals surface area contributed by atoms with Crippen LogP contribution in [0.1, 0.15) is 18.9 Å². The van der Waals surface area contributed by atoms with E-state index in [0.717, 1.165) is 47.7 Å². The maximum Gasteiger partial charge on any atom is 0.191 e. The molecule has 1 fully saturated rings. The third-order valence-corrected chi connectivity index (χ3v) is 5.62. The molecule has 0 aromatic carbocycles. The summed E-state index contributed by atoms with van der Waals surface area (Å²) in [5.41, 5.74) is 2.41. The number of piperidine rings is 1. The zero-order chi connectivity index (χ0) is 18.2. The Hall–Kier alpha value is -2.85. The molecule has 4 aromatic rings. The van der Waals surface area contributed by atoms with Gasteiger partial charge in [-0.1, -0.05) is 0 Å². The number of hydrogen-bond donors (Lipinski definition) is 2. The van der Waals surface area contributed by atoms with Gasteiger partial charge >= 0.3 is 0 Å². The van der Waals surface area contributed by atoms with Crippen LogP contribution in [-0.4, -0.2) is 60.0 Å². The maximum atomic E-state index is 4.65. The van der Waals surface area contributed by atoms with Gasteiger partial charge in [-0.3, -0.25) is 9.78 Å². The van der Waals surface area contributed by atoms with Gasteiger partial charge in [0.05, 0.1) is 24.1 Å². The number of anilines is 2. The minimum atomic E-state index is 0.445. The van der Waals surface area contributed by atoms with Crippen LogP contribution in [0, 0.1) is 0 Å². The van der Waals surface area contributed by atoms with Crippen molar-refractivity contribution in [1.82, 2.24) is 39.8 Å². The zero-order valence-corrected chi connectivity index (χ0v) is 15.6. The van der Waals surface area contributed by atoms with Gasteiger partial charge in [0.1, 0.15) is 11.0 Å². The highest BCUT2D eigenvalue weighted by Crippen LogP contribution is 2.28. The summed E-state index contributed by atoms with van der Waals surface area (Å²) in [5, 5.41) is 17.7. The van der Waals surface area contributed by atoms with Crippen molar-refractivity contribution in [2.45, 2.75) is 18.9 Å². The first kappa shape index (κ1) is 16.3. The molecule has 0 aliphatic carbocycles. The second-order valence-corrected chi connectivity index (χ2v) is 7.63. The number of hydrogen-bond acceptors (Lipinski definition) is 8. The summed E-state index contributed by atoms with van der Waals surface area (Å²) < 4.78 is 2.06. The molecule has 1 aliphatic heterocycles. The van der Waals surface area contributed by atoms with E-state index in [1.54, 1.807) is 12.4 Å². The Morgan fingerprint density at radius 2 is 2.11 bits per heavy atom. The molecule has 0 amide bonds. The molecule has 0 spiro atoms. The first-order valence-corrected chi connectivity index (χ1v) is 9.75. The number of fused-ring (bicyclic) bond motifs is 1. The van der Waals surface area contributed by atoms with E-state index >= 15 is 0 Å². The average molecular weight is 381 g/mol. The quantitative estimate of drug-likeness (QED) is 0.560. The Kier molecular flexibility index (Phi) is 4.06. The van der Waals surface area contributed by atoms with Gasteiger partial charge in [-0.05, 0) is 33.0 Å². The number of aromatic nitrogens is 7. The molecule has 10 heteroatoms. The molecule has 5 heterocycles. The molecule has 1 saturated heterocycles. The fourth-order valence-electron chi connectivity index (χ4n) is 3.36. The molecule has 138 valence electrons. The summed E-state index contributed by atoms with van der Waals surface area (Å²) in [6.45, 7) is 2.20. The van der Waals surface area contributed by atoms with E-state index in [1.165, 1.54) is 11.3 Å². The predicted octanol–water partition coefficient (Wildman–Crippen LogP) is 2.68. The van der Waals surface area contributed by atoms with Crippen LogP contribution >= 0.6 is 11.3 Å². The second-order valence-electron chi connectivity index (χ2n) is 6.73. The van der Waals surface area contributed by atoms with Crippen LogP contribution in [-0.2, 0) is 0 Å². The smallest absolute Gasteiger partial charge is 0.191 e. The molecule has 9 nitrogen and oxygen atoms in total. The standard InChI is InChI=1S/C17H19N9S/c1-25-5-2-12(3-6-25)26-10-11(8-20-26)21-15-14-13(9-19-24-14)22-16(23-15)17-18-4-7-27-17/h4,7-10,12H,2-3,5-6H2,1H3,(H,19,24)(H,21,22,23). The summed E-state index contributed by atoms with van der Waals surface area (Å²) in [4.78, 5) is 15.9. The van der Waals surface area contributed by atoms with Crippen molar-refractivity contribution < 1.29 is 0 Å². The van der Waals surface area contributed by atoms with Crippen LogP contribution in [0.5, 0.6) is 0 Å². The number of likely N-dealkylation sites (tertiary alicyclic amines) is 1. The Balaban J connectivity index is 1.44. The largest absolute Gasteiger partial charge is 0.336 e. The van der Waals surface area contributed by atoms with Crippen molar-refractivity contribution in [3.05, 3.63) is 30.2 Å². The molecule has 0 saturated carbocycles. The molecular formula is C17H19N9S. The average Bonchev–Trinajstić information content (AvgIpc) is 3.43. The van der Waals surface area contributed by atoms with Crippen molar-refractivity contribution >= 4 is 33.9 Å². The Labute approximate surface area is 159 Å². The summed E-state index contributed by atoms with van der Waals surface area (Å²) in [7, 11) is 2.16. The van der Waals surface area contributed by atoms with E-state index < -0.39 is 0 Å². The van der Waals surface area contributed by atoms with Crippen LogP contribution < -0.4 is 5.32 Å². The lowest BCUT2D eigenvalue weighted by atomic mass is 10.1. The summed E-state index contributed by atoms with van der Waals surface area (Å²) >= 11 is 1.51. The number of nitrogens with one attached hydrogen (secondary N) is 2. The van der Waals surface area contributed by atoms with Crippen molar-refractivity contribution in [2.24, 2.45) is 0 Å². The highest BCUT2D eigenvalue weighted by Gasteiger charge is 2.19. The van der Waals surface area contributed by atoms with E-state index in [-0.39, 0.29) is 0 Å². The van der Waals surface area contributed by atoms with Gasteiger partial charge in [-0.2, -0.15) is 10.2 Å². The third kappa shape index (κ3) is 3.17. The lowest BCUT2D eigenvalue weighted by Crippen LogP contribution is -2.31. The molecule has 4 aromatic heterocycles. The SMILES string of the molecule is CN1CCC(n2cc(Nc3nc(-c4nccs4)nc4cn[nH]c34)cn2)CC1. The molecule has 0 atom stereocenters. The number of rotatable bonds is 4. The summed E-state index contributed by atoms with van der Waals surface area (Å²) in [5.74, 6) is 1.26. The van der Waals surface area contributed by atoms with Crippen molar-refractivity contribution in [1.29, 1.82) is 0 Å². The van der Waals surface area contributed by atoms with Gasteiger partial charge in [0.15, 0.2) is 16.6 Å². The minimum absolute atomic E-state index is 0.445. The van der Waals surface area contributed by atoms with Crippen LogP contribution in [0.3, 0.4) is 0 Å². The van der Waals surface area contributed by atoms with Crippen molar-refractivity contribution in [3.63, 3.8) is 0 Å². The zero-order valence-electron chi connectivity index (χ0n) is 14.8. The fourth-order valence-corrected chi connectivity index (χ4v) is 3.93. The van der Waals surface area contributed by atoms with E-state index in [2.05, 4.69) is 52.2 Å². The van der Waals surface area contributed by atoms with Crippen molar-refractivity contribution in [3.8, 4) is 10.8 Å². The van der Waals surface area contributed by atoms with Gasteiger partial charge in [-0.15, -0.1) is 11.3 Å². The molecule has 0 unspecified atom stereocenters. The summed E-state index contributed by atoms with van der Waals surface area (Å²) in [6, 6.07) is 0.445. The third-order valence-electron chi connectivity index (χ3n) is 4.85. The predicted molar refractivity (Wildman–Crippen MR) is 104 cm³/mol. The molecule has 1 aliphatic rings. The number of aromatic amines is 1. The number of thiazole rings is 1. The monoisotopic (exact) mass is 381 g/mol. The molecule has 0 radical (unpaired) electrons. The normalized spacial score (nSPS) is 16.2. The second kappa shape index (κ2) is 6.71. The van der Waals surface area contributed by atoms with Crippen LogP contribution in [0.15, 0.2) is 30.2 Å². The fraction of sp³-hybridized carbons (Fsp3) is 0.353. The maximum absolute atomic E-state index is 4.65. The first-order chi connectivity index (χ1) is 13.3. The Morgan fingerprint density at radius 3 is 2.93 bits per heavy atom. The minimum Gasteiger partial charge on any atom is -0.336 e. The highest BCUT2D eigenvalue weighted by atomic mass is 32.1. The highest BCUT2D eigenvalue weighted by molar-refractivity contribution is 7.13. The molecule has 2 N–H and O–H groups in total. The lowest BCUT2D eigenvalue weighted by Gasteiger charge is -2.28. The first-order valence-electron chi connectivity index (χ1n) is 8.87. The van der Waals surface area contributed by atoms with Crippen molar-refractivity contribution in [2.75, 3.05) is 25.5 Å². The number of H-pyrrole nitrogens is 1. The molecular weight excluding hydrogens is 362 g/mol. The van der Waals surface area contributed by atoms with Crippen LogP contribution in [0.25, 0.3) is 21.9 Å². The van der Waals surface area contributed by atoms with E-state index in [1.807, 2.05) is 17.8 Å². The van der Waals surface area contributed by atoms with Crippen LogP contribution in [0.2, 0.25) is 0 Å². The van der Waals surface area contributed by atoms with Gasteiger partial charge in [0.2, 0.25) is 0 Å². The number of nitrogens with zero attached hydrogens (tertiary/aromatic N) is 7. The van der Waals surface area contributed by atoms with Gasteiger partial charge in [0, 0.05) is 17.8 Å². The van der Waals surface area contributed by atoms with E-state index in [4.69, 9.17) is 0 Å². The molecule has 0 bridgehead atoms. The Bertz CT molecular complexity index is 1040. The van der Waals surface area contributed by atoms with E-state index in [0.29, 0.717) is 17.7 Å². The van der Waals surface area contributed by atoms with E-state index in [9.17, 15) is 0 Å². The van der Waals surface area contributed by atoms with Crippen LogP contribution in [0.4, 0.5) is 11.5 Å².